The van der Waals surface area contributed by atoms with Crippen LogP contribution in [0.2, 0.25) is 0 Å². The summed E-state index contributed by atoms with van der Waals surface area (Å²) < 4.78 is 34.8. The van der Waals surface area contributed by atoms with Gasteiger partial charge in [0.15, 0.2) is 0 Å². The third-order valence-electron chi connectivity index (χ3n) is 6.49. The molecule has 1 aliphatic heterocycles. The molecule has 0 spiro atoms. The summed E-state index contributed by atoms with van der Waals surface area (Å²) in [5.74, 6) is -1.52. The minimum Gasteiger partial charge on any atom is -0.489 e. The average molecular weight is 574 g/mol. The minimum absolute atomic E-state index is 0.0278. The largest absolute Gasteiger partial charge is 0.489 e. The second-order valence-corrected chi connectivity index (χ2v) is 10.4. The number of aryl methyl sites for hydroxylation is 1. The van der Waals surface area contributed by atoms with Crippen LogP contribution in [-0.2, 0) is 16.2 Å². The van der Waals surface area contributed by atoms with Crippen molar-refractivity contribution >= 4 is 40.6 Å². The molecule has 7 nitrogen and oxygen atoms in total. The molecular formula is C31H25F2N3O4S. The second kappa shape index (κ2) is 11.8. The zero-order valence-corrected chi connectivity index (χ0v) is 23.0. The number of hydrogen-bond acceptors (Lipinski definition) is 5. The first kappa shape index (κ1) is 27.9. The minimum atomic E-state index is -0.679. The zero-order valence-electron chi connectivity index (χ0n) is 22.2. The van der Waals surface area contributed by atoms with E-state index in [-0.39, 0.29) is 16.4 Å². The molecule has 208 valence electrons. The Balaban J connectivity index is 1.27. The Morgan fingerprint density at radius 2 is 1.68 bits per heavy atom. The Bertz CT molecular complexity index is 1660. The van der Waals surface area contributed by atoms with Gasteiger partial charge in [-0.2, -0.15) is 0 Å². The van der Waals surface area contributed by atoms with Crippen LogP contribution in [-0.4, -0.2) is 33.1 Å². The summed E-state index contributed by atoms with van der Waals surface area (Å²) in [6.07, 6.45) is 1.64. The highest BCUT2D eigenvalue weighted by atomic mass is 32.2. The fourth-order valence-corrected chi connectivity index (χ4v) is 5.27. The number of ether oxygens (including phenoxy) is 1. The Hall–Kier alpha value is -4.70. The van der Waals surface area contributed by atoms with Gasteiger partial charge in [0.2, 0.25) is 5.91 Å². The van der Waals surface area contributed by atoms with Crippen molar-refractivity contribution in [3.8, 4) is 11.4 Å². The van der Waals surface area contributed by atoms with Crippen molar-refractivity contribution in [1.82, 2.24) is 9.47 Å². The molecule has 0 unspecified atom stereocenters. The molecule has 3 aromatic carbocycles. The van der Waals surface area contributed by atoms with Crippen LogP contribution in [0.25, 0.3) is 11.8 Å². The van der Waals surface area contributed by atoms with Crippen LogP contribution in [0.5, 0.6) is 5.75 Å². The van der Waals surface area contributed by atoms with Gasteiger partial charge in [-0.25, -0.2) is 8.78 Å². The molecule has 2 heterocycles. The van der Waals surface area contributed by atoms with Crippen LogP contribution < -0.4 is 10.1 Å². The number of imide groups is 1. The molecule has 41 heavy (non-hydrogen) atoms. The fraction of sp³-hybridized carbons (Fsp3) is 0.129. The van der Waals surface area contributed by atoms with Gasteiger partial charge in [-0.05, 0) is 97.4 Å². The van der Waals surface area contributed by atoms with E-state index < -0.39 is 29.4 Å². The highest BCUT2D eigenvalue weighted by Gasteiger charge is 2.36. The van der Waals surface area contributed by atoms with Crippen LogP contribution in [0.15, 0.2) is 83.8 Å². The molecule has 0 bridgehead atoms. The van der Waals surface area contributed by atoms with Crippen molar-refractivity contribution in [1.29, 1.82) is 0 Å². The van der Waals surface area contributed by atoms with Gasteiger partial charge in [-0.15, -0.1) is 0 Å². The maximum Gasteiger partial charge on any atom is 0.294 e. The van der Waals surface area contributed by atoms with Gasteiger partial charge < -0.3 is 14.6 Å². The Kier molecular flexibility index (Phi) is 8.02. The number of amides is 3. The monoisotopic (exact) mass is 573 g/mol. The number of benzene rings is 3. The lowest BCUT2D eigenvalue weighted by atomic mass is 10.2. The molecule has 0 aliphatic carbocycles. The predicted molar refractivity (Wildman–Crippen MR) is 154 cm³/mol. The molecule has 1 fully saturated rings. The number of hydrogen-bond donors (Lipinski definition) is 1. The van der Waals surface area contributed by atoms with Gasteiger partial charge in [-0.3, -0.25) is 19.3 Å². The van der Waals surface area contributed by atoms with Gasteiger partial charge in [0.1, 0.15) is 30.5 Å². The Morgan fingerprint density at radius 1 is 0.976 bits per heavy atom. The summed E-state index contributed by atoms with van der Waals surface area (Å²) >= 11 is 0.752. The summed E-state index contributed by atoms with van der Waals surface area (Å²) in [5, 5.41) is 1.81. The van der Waals surface area contributed by atoms with Crippen LogP contribution in [0.1, 0.15) is 22.5 Å². The molecule has 0 radical (unpaired) electrons. The van der Waals surface area contributed by atoms with E-state index in [1.54, 1.807) is 24.3 Å². The summed E-state index contributed by atoms with van der Waals surface area (Å²) in [4.78, 5) is 39.0. The molecule has 10 heteroatoms. The van der Waals surface area contributed by atoms with E-state index in [0.717, 1.165) is 44.9 Å². The summed E-state index contributed by atoms with van der Waals surface area (Å²) in [7, 11) is 0. The van der Waals surface area contributed by atoms with Crippen molar-refractivity contribution in [2.75, 3.05) is 11.9 Å². The van der Waals surface area contributed by atoms with Gasteiger partial charge >= 0.3 is 0 Å². The summed E-state index contributed by atoms with van der Waals surface area (Å²) in [6, 6.07) is 21.2. The maximum atomic E-state index is 13.9. The molecule has 0 atom stereocenters. The number of nitrogens with one attached hydrogen (secondary N) is 1. The molecule has 5 rings (SSSR count). The van der Waals surface area contributed by atoms with Crippen molar-refractivity contribution in [3.63, 3.8) is 0 Å². The molecule has 0 saturated carbocycles. The van der Waals surface area contributed by atoms with E-state index in [1.165, 1.54) is 30.3 Å². The lowest BCUT2D eigenvalue weighted by Crippen LogP contribution is -2.36. The van der Waals surface area contributed by atoms with E-state index in [1.807, 2.05) is 48.7 Å². The molecule has 1 saturated heterocycles. The van der Waals surface area contributed by atoms with Crippen LogP contribution in [0.3, 0.4) is 0 Å². The molecule has 3 amide bonds. The van der Waals surface area contributed by atoms with E-state index in [9.17, 15) is 23.2 Å². The third kappa shape index (κ3) is 6.22. The number of carbonyl (C=O) groups excluding carboxylic acids is 3. The number of para-hydroxylation sites is 1. The normalized spacial score (nSPS) is 14.1. The number of anilines is 1. The van der Waals surface area contributed by atoms with Crippen LogP contribution in [0, 0.1) is 25.5 Å². The van der Waals surface area contributed by atoms with E-state index >= 15 is 0 Å². The molecular weight excluding hydrogens is 548 g/mol. The first-order chi connectivity index (χ1) is 19.7. The van der Waals surface area contributed by atoms with Gasteiger partial charge in [0.25, 0.3) is 11.1 Å². The quantitative estimate of drug-likeness (QED) is 0.240. The number of rotatable bonds is 8. The fourth-order valence-electron chi connectivity index (χ4n) is 4.44. The van der Waals surface area contributed by atoms with Crippen LogP contribution >= 0.6 is 11.8 Å². The smallest absolute Gasteiger partial charge is 0.294 e. The molecule has 1 N–H and O–H groups in total. The second-order valence-electron chi connectivity index (χ2n) is 9.37. The lowest BCUT2D eigenvalue weighted by Gasteiger charge is -2.12. The zero-order chi connectivity index (χ0) is 29.1. The third-order valence-corrected chi connectivity index (χ3v) is 7.40. The summed E-state index contributed by atoms with van der Waals surface area (Å²) in [6.45, 7) is 3.63. The number of carbonyl (C=O) groups is 3. The Morgan fingerprint density at radius 3 is 2.39 bits per heavy atom. The highest BCUT2D eigenvalue weighted by Crippen LogP contribution is 2.34. The number of thioether (sulfide) groups is 1. The first-order valence-electron chi connectivity index (χ1n) is 12.7. The van der Waals surface area contributed by atoms with Crippen molar-refractivity contribution in [2.45, 2.75) is 20.5 Å². The van der Waals surface area contributed by atoms with Crippen molar-refractivity contribution in [2.24, 2.45) is 0 Å². The van der Waals surface area contributed by atoms with Crippen molar-refractivity contribution < 1.29 is 27.9 Å². The standard InChI is InChI=1S/C31H25F2N3O4S/c1-19-15-22(16-28-30(38)35(31(39)41-28)17-29(37)34-27-6-4-3-5-26(27)33)20(2)36(19)24-11-13-25(14-12-24)40-18-21-7-9-23(32)10-8-21/h3-16H,17-18H2,1-2H3,(H,34,37)/b28-16-. The Labute approximate surface area is 239 Å². The van der Waals surface area contributed by atoms with Gasteiger partial charge in [0, 0.05) is 17.1 Å². The topological polar surface area (TPSA) is 80.6 Å². The van der Waals surface area contributed by atoms with Gasteiger partial charge in [0.05, 0.1) is 10.6 Å². The number of nitrogens with zero attached hydrogens (tertiary/aromatic N) is 2. The first-order valence-corrected chi connectivity index (χ1v) is 13.5. The maximum absolute atomic E-state index is 13.9. The number of halogens is 2. The predicted octanol–water partition coefficient (Wildman–Crippen LogP) is 6.63. The van der Waals surface area contributed by atoms with E-state index in [2.05, 4.69) is 5.32 Å². The number of aromatic nitrogens is 1. The van der Waals surface area contributed by atoms with Gasteiger partial charge in [-0.1, -0.05) is 24.3 Å². The molecule has 1 aromatic heterocycles. The molecule has 4 aromatic rings. The average Bonchev–Trinajstić information content (AvgIpc) is 3.38. The highest BCUT2D eigenvalue weighted by molar-refractivity contribution is 8.18. The van der Waals surface area contributed by atoms with Crippen molar-refractivity contribution in [3.05, 3.63) is 118 Å². The SMILES string of the molecule is Cc1cc(/C=C2\SC(=O)N(CC(=O)Nc3ccccc3F)C2=O)c(C)n1-c1ccc(OCc2ccc(F)cc2)cc1. The van der Waals surface area contributed by atoms with E-state index in [0.29, 0.717) is 12.4 Å². The van der Waals surface area contributed by atoms with E-state index in [4.69, 9.17) is 4.74 Å². The van der Waals surface area contributed by atoms with Crippen LogP contribution in [0.4, 0.5) is 19.3 Å². The molecule has 1 aliphatic rings. The summed E-state index contributed by atoms with van der Waals surface area (Å²) in [5.41, 5.74) is 4.23. The lowest BCUT2D eigenvalue weighted by molar-refractivity contribution is -0.127.